The van der Waals surface area contributed by atoms with Crippen LogP contribution in [0.5, 0.6) is 0 Å². The molecule has 1 saturated heterocycles. The third-order valence-corrected chi connectivity index (χ3v) is 3.70. The smallest absolute Gasteiger partial charge is 0.296 e. The van der Waals surface area contributed by atoms with E-state index in [1.54, 1.807) is 11.9 Å². The van der Waals surface area contributed by atoms with E-state index in [2.05, 4.69) is 5.32 Å². The molecule has 106 valence electrons. The summed E-state index contributed by atoms with van der Waals surface area (Å²) >= 11 is 0. The average Bonchev–Trinajstić information content (AvgIpc) is 3.00. The standard InChI is InChI=1S/C14H15FN2O3/c1-17(7-8-3-2-4-20-8)12-6-11-9(5-10(12)15)13(18)14(19)16-11/h5-6,8H,2-4,7H2,1H3,(H,16,18,19). The van der Waals surface area contributed by atoms with E-state index in [0.29, 0.717) is 17.9 Å². The first-order valence-corrected chi connectivity index (χ1v) is 6.58. The van der Waals surface area contributed by atoms with Gasteiger partial charge in [-0.1, -0.05) is 0 Å². The second-order valence-corrected chi connectivity index (χ2v) is 5.15. The minimum Gasteiger partial charge on any atom is -0.376 e. The minimum absolute atomic E-state index is 0.0989. The molecule has 1 aromatic carbocycles. The Balaban J connectivity index is 1.85. The first kappa shape index (κ1) is 13.1. The average molecular weight is 278 g/mol. The molecule has 1 unspecified atom stereocenters. The van der Waals surface area contributed by atoms with Gasteiger partial charge in [0.1, 0.15) is 5.82 Å². The van der Waals surface area contributed by atoms with Gasteiger partial charge in [-0.05, 0) is 25.0 Å². The lowest BCUT2D eigenvalue weighted by molar-refractivity contribution is -0.112. The van der Waals surface area contributed by atoms with Crippen LogP contribution < -0.4 is 10.2 Å². The van der Waals surface area contributed by atoms with Gasteiger partial charge in [-0.25, -0.2) is 4.39 Å². The Hall–Kier alpha value is -1.95. The van der Waals surface area contributed by atoms with Crippen LogP contribution in [0.1, 0.15) is 23.2 Å². The van der Waals surface area contributed by atoms with Gasteiger partial charge in [-0.2, -0.15) is 0 Å². The largest absolute Gasteiger partial charge is 0.376 e. The molecule has 1 aromatic rings. The summed E-state index contributed by atoms with van der Waals surface area (Å²) in [5, 5.41) is 2.45. The van der Waals surface area contributed by atoms with Gasteiger partial charge in [0.25, 0.3) is 11.7 Å². The molecule has 0 aromatic heterocycles. The maximum absolute atomic E-state index is 14.1. The highest BCUT2D eigenvalue weighted by molar-refractivity contribution is 6.51. The molecule has 20 heavy (non-hydrogen) atoms. The van der Waals surface area contributed by atoms with Crippen LogP contribution in [0.3, 0.4) is 0 Å². The number of likely N-dealkylation sites (N-methyl/N-ethyl adjacent to an activating group) is 1. The number of hydrogen-bond acceptors (Lipinski definition) is 4. The fraction of sp³-hybridized carbons (Fsp3) is 0.429. The monoisotopic (exact) mass is 278 g/mol. The first-order chi connectivity index (χ1) is 9.56. The lowest BCUT2D eigenvalue weighted by Crippen LogP contribution is -2.29. The van der Waals surface area contributed by atoms with Gasteiger partial charge in [-0.3, -0.25) is 9.59 Å². The summed E-state index contributed by atoms with van der Waals surface area (Å²) in [6, 6.07) is 2.62. The van der Waals surface area contributed by atoms with Crippen LogP contribution in [-0.4, -0.2) is 38.0 Å². The van der Waals surface area contributed by atoms with Crippen LogP contribution in [-0.2, 0) is 9.53 Å². The number of ether oxygens (including phenoxy) is 1. The minimum atomic E-state index is -0.710. The van der Waals surface area contributed by atoms with E-state index < -0.39 is 17.5 Å². The zero-order valence-electron chi connectivity index (χ0n) is 11.1. The third kappa shape index (κ3) is 2.16. The molecule has 0 aliphatic carbocycles. The molecule has 6 heteroatoms. The van der Waals surface area contributed by atoms with E-state index in [4.69, 9.17) is 4.74 Å². The van der Waals surface area contributed by atoms with E-state index in [0.717, 1.165) is 25.5 Å². The maximum Gasteiger partial charge on any atom is 0.296 e. The van der Waals surface area contributed by atoms with Crippen molar-refractivity contribution in [3.63, 3.8) is 0 Å². The zero-order valence-corrected chi connectivity index (χ0v) is 11.1. The molecule has 5 nitrogen and oxygen atoms in total. The quantitative estimate of drug-likeness (QED) is 0.853. The maximum atomic E-state index is 14.1. The number of ketones is 1. The second kappa shape index (κ2) is 4.86. The molecule has 2 aliphatic heterocycles. The summed E-state index contributed by atoms with van der Waals surface area (Å²) in [7, 11) is 1.77. The Morgan fingerprint density at radius 2 is 2.25 bits per heavy atom. The summed E-state index contributed by atoms with van der Waals surface area (Å²) in [6.45, 7) is 1.33. The van der Waals surface area contributed by atoms with Gasteiger partial charge in [-0.15, -0.1) is 0 Å². The van der Waals surface area contributed by atoms with Gasteiger partial charge in [0.15, 0.2) is 0 Å². The van der Waals surface area contributed by atoms with E-state index in [-0.39, 0.29) is 11.7 Å². The number of Topliss-reactive ketones (excluding diaryl/α,β-unsaturated/α-hetero) is 1. The number of carbonyl (C=O) groups excluding carboxylic acids is 2. The van der Waals surface area contributed by atoms with Crippen molar-refractivity contribution >= 4 is 23.1 Å². The summed E-state index contributed by atoms with van der Waals surface area (Å²) in [5.74, 6) is -1.90. The highest BCUT2D eigenvalue weighted by Gasteiger charge is 2.30. The van der Waals surface area contributed by atoms with Crippen molar-refractivity contribution in [1.82, 2.24) is 0 Å². The summed E-state index contributed by atoms with van der Waals surface area (Å²) in [5.41, 5.74) is 0.826. The van der Waals surface area contributed by atoms with Gasteiger partial charge in [0.05, 0.1) is 23.0 Å². The highest BCUT2D eigenvalue weighted by Crippen LogP contribution is 2.31. The van der Waals surface area contributed by atoms with Crippen molar-refractivity contribution in [1.29, 1.82) is 0 Å². The highest BCUT2D eigenvalue weighted by atomic mass is 19.1. The fourth-order valence-corrected chi connectivity index (χ4v) is 2.64. The predicted molar refractivity (Wildman–Crippen MR) is 71.6 cm³/mol. The lowest BCUT2D eigenvalue weighted by atomic mass is 10.1. The molecule has 1 fully saturated rings. The molecular formula is C14H15FN2O3. The van der Waals surface area contributed by atoms with E-state index >= 15 is 0 Å². The Bertz CT molecular complexity index is 582. The molecule has 3 rings (SSSR count). The SMILES string of the molecule is CN(CC1CCCO1)c1cc2c(cc1F)C(=O)C(=O)N2. The van der Waals surface area contributed by atoms with Crippen molar-refractivity contribution in [3.05, 3.63) is 23.5 Å². The summed E-state index contributed by atoms with van der Waals surface area (Å²) in [4.78, 5) is 24.5. The molecule has 0 saturated carbocycles. The topological polar surface area (TPSA) is 58.6 Å². The molecule has 0 spiro atoms. The second-order valence-electron chi connectivity index (χ2n) is 5.15. The number of fused-ring (bicyclic) bond motifs is 1. The van der Waals surface area contributed by atoms with Crippen molar-refractivity contribution in [2.24, 2.45) is 0 Å². The molecule has 0 radical (unpaired) electrons. The Morgan fingerprint density at radius 3 is 2.95 bits per heavy atom. The Kier molecular flexibility index (Phi) is 3.17. The van der Waals surface area contributed by atoms with Crippen LogP contribution in [0.15, 0.2) is 12.1 Å². The van der Waals surface area contributed by atoms with Gasteiger partial charge in [0.2, 0.25) is 0 Å². The van der Waals surface area contributed by atoms with Crippen LogP contribution in [0.25, 0.3) is 0 Å². The number of benzene rings is 1. The van der Waals surface area contributed by atoms with Crippen LogP contribution >= 0.6 is 0 Å². The van der Waals surface area contributed by atoms with Crippen molar-refractivity contribution in [2.45, 2.75) is 18.9 Å². The molecule has 2 aliphatic rings. The van der Waals surface area contributed by atoms with Gasteiger partial charge in [0, 0.05) is 20.2 Å². The number of hydrogen-bond donors (Lipinski definition) is 1. The number of anilines is 2. The van der Waals surface area contributed by atoms with Gasteiger partial charge < -0.3 is 15.0 Å². The lowest BCUT2D eigenvalue weighted by Gasteiger charge is -2.23. The van der Waals surface area contributed by atoms with E-state index in [1.807, 2.05) is 0 Å². The Morgan fingerprint density at radius 1 is 1.45 bits per heavy atom. The van der Waals surface area contributed by atoms with Crippen molar-refractivity contribution < 1.29 is 18.7 Å². The molecule has 2 heterocycles. The van der Waals surface area contributed by atoms with E-state index in [9.17, 15) is 14.0 Å². The molecule has 1 amide bonds. The summed E-state index contributed by atoms with van der Waals surface area (Å²) < 4.78 is 19.6. The van der Waals surface area contributed by atoms with Crippen molar-refractivity contribution in [2.75, 3.05) is 30.4 Å². The molecular weight excluding hydrogens is 263 g/mol. The van der Waals surface area contributed by atoms with Gasteiger partial charge >= 0.3 is 0 Å². The number of carbonyl (C=O) groups is 2. The molecule has 1 N–H and O–H groups in total. The number of nitrogens with one attached hydrogen (secondary N) is 1. The molecule has 1 atom stereocenters. The first-order valence-electron chi connectivity index (χ1n) is 6.58. The van der Waals surface area contributed by atoms with Crippen LogP contribution in [0, 0.1) is 5.82 Å². The zero-order chi connectivity index (χ0) is 14.3. The van der Waals surface area contributed by atoms with Crippen LogP contribution in [0.4, 0.5) is 15.8 Å². The predicted octanol–water partition coefficient (Wildman–Crippen LogP) is 1.58. The van der Waals surface area contributed by atoms with E-state index in [1.165, 1.54) is 6.07 Å². The number of nitrogens with zero attached hydrogens (tertiary/aromatic N) is 1. The van der Waals surface area contributed by atoms with Crippen molar-refractivity contribution in [3.8, 4) is 0 Å². The number of amides is 1. The Labute approximate surface area is 115 Å². The normalized spacial score (nSPS) is 21.0. The number of rotatable bonds is 3. The third-order valence-electron chi connectivity index (χ3n) is 3.70. The molecule has 0 bridgehead atoms. The summed E-state index contributed by atoms with van der Waals surface area (Å²) in [6.07, 6.45) is 2.09. The fourth-order valence-electron chi connectivity index (χ4n) is 2.64. The number of halogens is 1. The van der Waals surface area contributed by atoms with Crippen LogP contribution in [0.2, 0.25) is 0 Å².